The maximum atomic E-state index is 11.2. The van der Waals surface area contributed by atoms with Crippen LogP contribution < -0.4 is 5.32 Å². The van der Waals surface area contributed by atoms with Crippen LogP contribution in [0.1, 0.15) is 19.5 Å². The Labute approximate surface area is 116 Å². The molecule has 0 bridgehead atoms. The van der Waals surface area contributed by atoms with Crippen molar-refractivity contribution in [1.82, 2.24) is 19.7 Å². The molecule has 0 spiro atoms. The lowest BCUT2D eigenvalue weighted by Crippen LogP contribution is -2.07. The van der Waals surface area contributed by atoms with Gasteiger partial charge in [0.25, 0.3) is 0 Å². The normalized spacial score (nSPS) is 10.6. The average molecular weight is 276 g/mol. The van der Waals surface area contributed by atoms with E-state index in [2.05, 4.69) is 20.4 Å². The van der Waals surface area contributed by atoms with Gasteiger partial charge in [0, 0.05) is 24.8 Å². The van der Waals surface area contributed by atoms with Gasteiger partial charge in [-0.3, -0.25) is 14.8 Å². The van der Waals surface area contributed by atoms with Crippen LogP contribution in [0.25, 0.3) is 11.3 Å². The van der Waals surface area contributed by atoms with Gasteiger partial charge in [-0.1, -0.05) is 0 Å². The molecule has 0 aromatic carbocycles. The van der Waals surface area contributed by atoms with Crippen LogP contribution in [0.2, 0.25) is 0 Å². The molecule has 8 heteroatoms. The summed E-state index contributed by atoms with van der Waals surface area (Å²) in [4.78, 5) is 19.1. The zero-order chi connectivity index (χ0) is 14.7. The molecule has 0 saturated heterocycles. The van der Waals surface area contributed by atoms with Crippen LogP contribution in [0.5, 0.6) is 0 Å². The van der Waals surface area contributed by atoms with E-state index in [1.165, 1.54) is 0 Å². The van der Waals surface area contributed by atoms with Gasteiger partial charge in [-0.25, -0.2) is 9.97 Å². The molecule has 0 fully saturated rings. The van der Waals surface area contributed by atoms with Crippen molar-refractivity contribution in [2.75, 3.05) is 11.9 Å². The molecule has 2 rings (SSSR count). The second-order valence-corrected chi connectivity index (χ2v) is 4.20. The number of nitrogens with one attached hydrogen (secondary N) is 1. The third-order valence-corrected chi connectivity index (χ3v) is 2.81. The van der Waals surface area contributed by atoms with Crippen molar-refractivity contribution in [3.63, 3.8) is 0 Å². The van der Waals surface area contributed by atoms with E-state index in [9.17, 15) is 10.1 Å². The van der Waals surface area contributed by atoms with Gasteiger partial charge in [0.2, 0.25) is 5.95 Å². The minimum Gasteiger partial charge on any atom is -0.354 e. The molecular weight excluding hydrogens is 260 g/mol. The summed E-state index contributed by atoms with van der Waals surface area (Å²) >= 11 is 0. The largest absolute Gasteiger partial charge is 0.354 e. The van der Waals surface area contributed by atoms with E-state index in [0.717, 1.165) is 0 Å². The number of hydrogen-bond donors (Lipinski definition) is 1. The second kappa shape index (κ2) is 5.64. The molecule has 0 radical (unpaired) electrons. The minimum absolute atomic E-state index is 0.0812. The molecule has 20 heavy (non-hydrogen) atoms. The van der Waals surface area contributed by atoms with E-state index in [1.54, 1.807) is 24.0 Å². The topological polar surface area (TPSA) is 98.8 Å². The molecule has 2 aromatic rings. The Bertz CT molecular complexity index is 637. The zero-order valence-electron chi connectivity index (χ0n) is 11.6. The van der Waals surface area contributed by atoms with E-state index in [0.29, 0.717) is 30.3 Å². The van der Waals surface area contributed by atoms with Crippen molar-refractivity contribution in [3.8, 4) is 11.3 Å². The van der Waals surface area contributed by atoms with Gasteiger partial charge in [0.15, 0.2) is 5.69 Å². The van der Waals surface area contributed by atoms with Gasteiger partial charge < -0.3 is 5.32 Å². The monoisotopic (exact) mass is 276 g/mol. The molecule has 0 aliphatic rings. The molecule has 8 nitrogen and oxygen atoms in total. The van der Waals surface area contributed by atoms with E-state index < -0.39 is 4.92 Å². The molecule has 2 aromatic heterocycles. The zero-order valence-corrected chi connectivity index (χ0v) is 11.6. The van der Waals surface area contributed by atoms with Crippen LogP contribution in [0.3, 0.4) is 0 Å². The highest BCUT2D eigenvalue weighted by Crippen LogP contribution is 2.30. The van der Waals surface area contributed by atoms with Crippen LogP contribution in [-0.2, 0) is 6.54 Å². The molecule has 0 amide bonds. The van der Waals surface area contributed by atoms with Crippen molar-refractivity contribution >= 4 is 11.6 Å². The van der Waals surface area contributed by atoms with Gasteiger partial charge in [-0.05, 0) is 20.8 Å². The van der Waals surface area contributed by atoms with Crippen LogP contribution in [0.4, 0.5) is 11.6 Å². The predicted octanol–water partition coefficient (Wildman–Crippen LogP) is 2.01. The Balaban J connectivity index is 2.60. The summed E-state index contributed by atoms with van der Waals surface area (Å²) in [6, 6.07) is 0. The smallest absolute Gasteiger partial charge is 0.316 e. The fourth-order valence-electron chi connectivity index (χ4n) is 1.88. The summed E-state index contributed by atoms with van der Waals surface area (Å²) in [5.41, 5.74) is 1.16. The number of aromatic nitrogens is 4. The summed E-state index contributed by atoms with van der Waals surface area (Å²) in [7, 11) is 0. The predicted molar refractivity (Wildman–Crippen MR) is 74.5 cm³/mol. The van der Waals surface area contributed by atoms with Crippen LogP contribution in [0, 0.1) is 17.0 Å². The van der Waals surface area contributed by atoms with Crippen molar-refractivity contribution in [2.45, 2.75) is 27.3 Å². The number of nitrogens with zero attached hydrogens (tertiary/aromatic N) is 5. The average Bonchev–Trinajstić information content (AvgIpc) is 2.86. The van der Waals surface area contributed by atoms with Gasteiger partial charge in [-0.2, -0.15) is 5.10 Å². The van der Waals surface area contributed by atoms with E-state index in [-0.39, 0.29) is 11.4 Å². The summed E-state index contributed by atoms with van der Waals surface area (Å²) in [5, 5.41) is 18.3. The Morgan fingerprint density at radius 1 is 1.40 bits per heavy atom. The minimum atomic E-state index is -0.455. The van der Waals surface area contributed by atoms with Crippen molar-refractivity contribution in [1.29, 1.82) is 0 Å². The fraction of sp³-hybridized carbons (Fsp3) is 0.417. The lowest BCUT2D eigenvalue weighted by atomic mass is 10.2. The lowest BCUT2D eigenvalue weighted by molar-refractivity contribution is -0.385. The molecule has 0 unspecified atom stereocenters. The van der Waals surface area contributed by atoms with Crippen LogP contribution in [0.15, 0.2) is 12.4 Å². The summed E-state index contributed by atoms with van der Waals surface area (Å²) < 4.78 is 1.70. The maximum Gasteiger partial charge on any atom is 0.316 e. The van der Waals surface area contributed by atoms with Crippen molar-refractivity contribution < 1.29 is 4.92 Å². The van der Waals surface area contributed by atoms with Crippen molar-refractivity contribution in [2.24, 2.45) is 0 Å². The van der Waals surface area contributed by atoms with Gasteiger partial charge in [0.05, 0.1) is 11.1 Å². The number of nitro groups is 1. The lowest BCUT2D eigenvalue weighted by Gasteiger charge is -2.06. The number of rotatable bonds is 5. The van der Waals surface area contributed by atoms with Gasteiger partial charge >= 0.3 is 5.69 Å². The Kier molecular flexibility index (Phi) is 3.92. The van der Waals surface area contributed by atoms with Gasteiger partial charge in [-0.15, -0.1) is 0 Å². The fourth-order valence-corrected chi connectivity index (χ4v) is 1.88. The first-order chi connectivity index (χ1) is 9.56. The van der Waals surface area contributed by atoms with E-state index in [4.69, 9.17) is 0 Å². The number of aryl methyl sites for hydroxylation is 2. The Morgan fingerprint density at radius 3 is 2.70 bits per heavy atom. The molecule has 0 atom stereocenters. The molecule has 0 aliphatic carbocycles. The number of hydrogen-bond acceptors (Lipinski definition) is 6. The van der Waals surface area contributed by atoms with Crippen LogP contribution in [-0.4, -0.2) is 31.2 Å². The SMILES string of the molecule is CCNc1nc(C)c([N+](=O)[O-])c(-c2cnn(CC)c2)n1. The Hall–Kier alpha value is -2.51. The standard InChI is InChI=1S/C12H16N6O2/c1-4-13-12-15-8(3)11(18(19)20)10(16-12)9-6-14-17(5-2)7-9/h6-7H,4-5H2,1-3H3,(H,13,15,16). The summed E-state index contributed by atoms with van der Waals surface area (Å²) in [6.07, 6.45) is 3.32. The molecule has 0 aliphatic heterocycles. The molecule has 1 N–H and O–H groups in total. The summed E-state index contributed by atoms with van der Waals surface area (Å²) in [6.45, 7) is 6.80. The third kappa shape index (κ3) is 2.58. The first-order valence-corrected chi connectivity index (χ1v) is 6.36. The Morgan fingerprint density at radius 2 is 2.15 bits per heavy atom. The molecular formula is C12H16N6O2. The molecule has 106 valence electrons. The summed E-state index contributed by atoms with van der Waals surface area (Å²) in [5.74, 6) is 0.384. The maximum absolute atomic E-state index is 11.2. The first-order valence-electron chi connectivity index (χ1n) is 6.36. The first kappa shape index (κ1) is 13.9. The van der Waals surface area contributed by atoms with Crippen LogP contribution >= 0.6 is 0 Å². The highest BCUT2D eigenvalue weighted by molar-refractivity contribution is 5.70. The highest BCUT2D eigenvalue weighted by Gasteiger charge is 2.24. The van der Waals surface area contributed by atoms with E-state index in [1.807, 2.05) is 13.8 Å². The van der Waals surface area contributed by atoms with Gasteiger partial charge in [0.1, 0.15) is 5.69 Å². The molecule has 0 saturated carbocycles. The van der Waals surface area contributed by atoms with E-state index >= 15 is 0 Å². The highest BCUT2D eigenvalue weighted by atomic mass is 16.6. The quantitative estimate of drug-likeness (QED) is 0.662. The number of anilines is 1. The third-order valence-electron chi connectivity index (χ3n) is 2.81. The van der Waals surface area contributed by atoms with Crippen molar-refractivity contribution in [3.05, 3.63) is 28.2 Å². The second-order valence-electron chi connectivity index (χ2n) is 4.20. The molecule has 2 heterocycles.